The van der Waals surface area contributed by atoms with Gasteiger partial charge in [0, 0.05) is 10.3 Å². The van der Waals surface area contributed by atoms with Crippen LogP contribution in [0, 0.1) is 12.3 Å². The molecule has 0 aliphatic heterocycles. The number of terminal acetylenes is 1. The SMILES string of the molecule is C#CCNC(=O)COC(=O)c1csc2c1CCCC2. The fourth-order valence-electron chi connectivity index (χ4n) is 2.07. The summed E-state index contributed by atoms with van der Waals surface area (Å²) < 4.78 is 5.00. The third kappa shape index (κ3) is 3.36. The van der Waals surface area contributed by atoms with Gasteiger partial charge in [0.1, 0.15) is 0 Å². The molecule has 1 aliphatic rings. The van der Waals surface area contributed by atoms with Crippen molar-refractivity contribution >= 4 is 23.2 Å². The molecule has 1 N–H and O–H groups in total. The summed E-state index contributed by atoms with van der Waals surface area (Å²) in [5, 5.41) is 4.28. The van der Waals surface area contributed by atoms with Crippen molar-refractivity contribution in [1.29, 1.82) is 0 Å². The molecule has 0 saturated heterocycles. The van der Waals surface area contributed by atoms with E-state index in [-0.39, 0.29) is 19.1 Å². The number of fused-ring (bicyclic) bond motifs is 1. The van der Waals surface area contributed by atoms with E-state index in [1.807, 2.05) is 5.38 Å². The first-order valence-electron chi connectivity index (χ1n) is 6.19. The molecule has 1 aliphatic carbocycles. The molecule has 0 aromatic carbocycles. The van der Waals surface area contributed by atoms with Crippen LogP contribution in [0.15, 0.2) is 5.38 Å². The van der Waals surface area contributed by atoms with E-state index in [1.54, 1.807) is 11.3 Å². The number of aryl methyl sites for hydroxylation is 1. The Labute approximate surface area is 116 Å². The van der Waals surface area contributed by atoms with Crippen molar-refractivity contribution < 1.29 is 14.3 Å². The first kappa shape index (κ1) is 13.6. The number of esters is 1. The standard InChI is InChI=1S/C14H15NO3S/c1-2-7-15-13(16)8-18-14(17)11-9-19-12-6-4-3-5-10(11)12/h1,9H,3-8H2,(H,15,16). The Balaban J connectivity index is 1.92. The van der Waals surface area contributed by atoms with Gasteiger partial charge in [0.25, 0.3) is 5.91 Å². The van der Waals surface area contributed by atoms with Gasteiger partial charge >= 0.3 is 5.97 Å². The number of hydrogen-bond donors (Lipinski definition) is 1. The minimum atomic E-state index is -0.421. The van der Waals surface area contributed by atoms with Gasteiger partial charge in [0.2, 0.25) is 0 Å². The van der Waals surface area contributed by atoms with Crippen LogP contribution in [0.1, 0.15) is 33.6 Å². The number of carbonyl (C=O) groups is 2. The van der Waals surface area contributed by atoms with Crippen molar-refractivity contribution in [3.8, 4) is 12.3 Å². The van der Waals surface area contributed by atoms with Gasteiger partial charge in [-0.05, 0) is 31.2 Å². The molecule has 0 atom stereocenters. The third-order valence-corrected chi connectivity index (χ3v) is 4.09. The summed E-state index contributed by atoms with van der Waals surface area (Å²) >= 11 is 1.60. The quantitative estimate of drug-likeness (QED) is 0.671. The Morgan fingerprint density at radius 1 is 1.42 bits per heavy atom. The highest BCUT2D eigenvalue weighted by Crippen LogP contribution is 2.30. The minimum absolute atomic E-state index is 0.143. The lowest BCUT2D eigenvalue weighted by atomic mass is 9.96. The van der Waals surface area contributed by atoms with Gasteiger partial charge in [0.05, 0.1) is 12.1 Å². The Kier molecular flexibility index (Phi) is 4.58. The first-order valence-corrected chi connectivity index (χ1v) is 7.07. The summed E-state index contributed by atoms with van der Waals surface area (Å²) in [5.74, 6) is 1.48. The van der Waals surface area contributed by atoms with Crippen molar-refractivity contribution in [1.82, 2.24) is 5.32 Å². The molecule has 0 spiro atoms. The average molecular weight is 277 g/mol. The van der Waals surface area contributed by atoms with Gasteiger partial charge in [-0.1, -0.05) is 5.92 Å². The largest absolute Gasteiger partial charge is 0.452 e. The van der Waals surface area contributed by atoms with E-state index in [1.165, 1.54) is 11.3 Å². The molecule has 1 heterocycles. The predicted octanol–water partition coefficient (Wildman–Crippen LogP) is 1.53. The zero-order valence-electron chi connectivity index (χ0n) is 10.5. The van der Waals surface area contributed by atoms with Gasteiger partial charge in [-0.2, -0.15) is 0 Å². The second-order valence-electron chi connectivity index (χ2n) is 4.32. The first-order chi connectivity index (χ1) is 9.22. The van der Waals surface area contributed by atoms with Crippen LogP contribution in [0.3, 0.4) is 0 Å². The Bertz CT molecular complexity index is 527. The third-order valence-electron chi connectivity index (χ3n) is 3.00. The summed E-state index contributed by atoms with van der Waals surface area (Å²) in [4.78, 5) is 24.5. The van der Waals surface area contributed by atoms with Gasteiger partial charge in [0.15, 0.2) is 6.61 Å². The monoisotopic (exact) mass is 277 g/mol. The number of ether oxygens (including phenoxy) is 1. The molecule has 1 amide bonds. The van der Waals surface area contributed by atoms with Crippen molar-refractivity contribution in [3.05, 3.63) is 21.4 Å². The number of amides is 1. The lowest BCUT2D eigenvalue weighted by Crippen LogP contribution is -2.29. The number of rotatable bonds is 4. The van der Waals surface area contributed by atoms with E-state index in [9.17, 15) is 9.59 Å². The molecule has 0 radical (unpaired) electrons. The molecule has 1 aromatic heterocycles. The molecule has 0 fully saturated rings. The fraction of sp³-hybridized carbons (Fsp3) is 0.429. The molecule has 0 bridgehead atoms. The lowest BCUT2D eigenvalue weighted by Gasteiger charge is -2.12. The predicted molar refractivity (Wildman–Crippen MR) is 73.1 cm³/mol. The molecule has 0 saturated carbocycles. The normalized spacial score (nSPS) is 13.2. The fourth-order valence-corrected chi connectivity index (χ4v) is 3.19. The summed E-state index contributed by atoms with van der Waals surface area (Å²) in [6.45, 7) is -0.143. The molecular weight excluding hydrogens is 262 g/mol. The zero-order valence-corrected chi connectivity index (χ0v) is 11.3. The van der Waals surface area contributed by atoms with Gasteiger partial charge < -0.3 is 10.1 Å². The maximum atomic E-state index is 11.9. The molecule has 4 nitrogen and oxygen atoms in total. The maximum absolute atomic E-state index is 11.9. The van der Waals surface area contributed by atoms with Crippen LogP contribution >= 0.6 is 11.3 Å². The molecule has 2 rings (SSSR count). The number of thiophene rings is 1. The van der Waals surface area contributed by atoms with Crippen molar-refractivity contribution in [2.45, 2.75) is 25.7 Å². The van der Waals surface area contributed by atoms with E-state index in [0.717, 1.165) is 24.8 Å². The Morgan fingerprint density at radius 2 is 2.21 bits per heavy atom. The average Bonchev–Trinajstić information content (AvgIpc) is 2.86. The highest BCUT2D eigenvalue weighted by atomic mass is 32.1. The topological polar surface area (TPSA) is 55.4 Å². The van der Waals surface area contributed by atoms with Crippen molar-refractivity contribution in [2.24, 2.45) is 0 Å². The van der Waals surface area contributed by atoms with Crippen LogP contribution in [-0.4, -0.2) is 25.0 Å². The van der Waals surface area contributed by atoms with Gasteiger partial charge in [-0.25, -0.2) is 4.79 Å². The lowest BCUT2D eigenvalue weighted by molar-refractivity contribution is -0.123. The highest BCUT2D eigenvalue weighted by Gasteiger charge is 2.21. The smallest absolute Gasteiger partial charge is 0.339 e. The van der Waals surface area contributed by atoms with E-state index >= 15 is 0 Å². The molecule has 5 heteroatoms. The summed E-state index contributed by atoms with van der Waals surface area (Å²) in [6.07, 6.45) is 9.26. The summed E-state index contributed by atoms with van der Waals surface area (Å²) in [5.41, 5.74) is 1.72. The van der Waals surface area contributed by atoms with E-state index < -0.39 is 5.97 Å². The van der Waals surface area contributed by atoms with Crippen LogP contribution in [0.2, 0.25) is 0 Å². The zero-order chi connectivity index (χ0) is 13.7. The summed E-state index contributed by atoms with van der Waals surface area (Å²) in [7, 11) is 0. The maximum Gasteiger partial charge on any atom is 0.339 e. The van der Waals surface area contributed by atoms with Crippen LogP contribution in [0.5, 0.6) is 0 Å². The molecule has 1 aromatic rings. The number of nitrogens with one attached hydrogen (secondary N) is 1. The number of hydrogen-bond acceptors (Lipinski definition) is 4. The van der Waals surface area contributed by atoms with Gasteiger partial charge in [-0.3, -0.25) is 4.79 Å². The molecule has 100 valence electrons. The van der Waals surface area contributed by atoms with Crippen LogP contribution in [0.4, 0.5) is 0 Å². The number of carbonyl (C=O) groups excluding carboxylic acids is 2. The van der Waals surface area contributed by atoms with Crippen molar-refractivity contribution in [3.63, 3.8) is 0 Å². The second-order valence-corrected chi connectivity index (χ2v) is 5.28. The highest BCUT2D eigenvalue weighted by molar-refractivity contribution is 7.10. The van der Waals surface area contributed by atoms with Crippen LogP contribution in [0.25, 0.3) is 0 Å². The summed E-state index contributed by atoms with van der Waals surface area (Å²) in [6, 6.07) is 0. The van der Waals surface area contributed by atoms with E-state index in [2.05, 4.69) is 11.2 Å². The van der Waals surface area contributed by atoms with Crippen LogP contribution < -0.4 is 5.32 Å². The second kappa shape index (κ2) is 6.39. The van der Waals surface area contributed by atoms with Gasteiger partial charge in [-0.15, -0.1) is 17.8 Å². The molecular formula is C14H15NO3S. The molecule has 0 unspecified atom stereocenters. The van der Waals surface area contributed by atoms with Crippen LogP contribution in [-0.2, 0) is 22.4 Å². The minimum Gasteiger partial charge on any atom is -0.452 e. The van der Waals surface area contributed by atoms with E-state index in [0.29, 0.717) is 5.56 Å². The van der Waals surface area contributed by atoms with Crippen molar-refractivity contribution in [2.75, 3.05) is 13.2 Å². The Hall–Kier alpha value is -1.80. The van der Waals surface area contributed by atoms with E-state index in [4.69, 9.17) is 11.2 Å². The molecule has 19 heavy (non-hydrogen) atoms. The Morgan fingerprint density at radius 3 is 3.00 bits per heavy atom.